The molecule has 0 unspecified atom stereocenters. The summed E-state index contributed by atoms with van der Waals surface area (Å²) in [6.45, 7) is 4.58. The lowest BCUT2D eigenvalue weighted by Gasteiger charge is -2.03. The molecule has 0 radical (unpaired) electrons. The van der Waals surface area contributed by atoms with Crippen molar-refractivity contribution in [3.05, 3.63) is 5.69 Å². The Morgan fingerprint density at radius 3 is 3.00 bits per heavy atom. The van der Waals surface area contributed by atoms with E-state index in [0.717, 1.165) is 17.2 Å². The van der Waals surface area contributed by atoms with E-state index < -0.39 is 0 Å². The molecule has 0 amide bonds. The number of hydrogen-bond acceptors (Lipinski definition) is 6. The minimum absolute atomic E-state index is 0.488. The Kier molecular flexibility index (Phi) is 5.43. The Balaban J connectivity index is 2.30. The van der Waals surface area contributed by atoms with Gasteiger partial charge in [-0.2, -0.15) is 0 Å². The van der Waals surface area contributed by atoms with Crippen molar-refractivity contribution in [2.45, 2.75) is 13.5 Å². The number of rotatable bonds is 7. The quantitative estimate of drug-likeness (QED) is 0.694. The number of aromatic nitrogens is 2. The molecule has 1 aromatic heterocycles. The Morgan fingerprint density at radius 1 is 1.43 bits per heavy atom. The maximum absolute atomic E-state index is 5.34. The van der Waals surface area contributed by atoms with Gasteiger partial charge in [0.15, 0.2) is 0 Å². The minimum Gasteiger partial charge on any atom is -0.382 e. The fourth-order valence-electron chi connectivity index (χ4n) is 0.909. The van der Waals surface area contributed by atoms with Crippen molar-refractivity contribution < 1.29 is 9.47 Å². The van der Waals surface area contributed by atoms with Crippen molar-refractivity contribution in [2.75, 3.05) is 32.2 Å². The molecule has 0 aromatic carbocycles. The Bertz CT molecular complexity index is 254. The first kappa shape index (κ1) is 11.4. The first-order valence-corrected chi connectivity index (χ1v) is 5.27. The summed E-state index contributed by atoms with van der Waals surface area (Å²) in [6.07, 6.45) is 0. The van der Waals surface area contributed by atoms with Crippen LogP contribution in [-0.2, 0) is 16.1 Å². The summed E-state index contributed by atoms with van der Waals surface area (Å²) in [4.78, 5) is 0. The number of nitrogens with zero attached hydrogens (tertiary/aromatic N) is 2. The van der Waals surface area contributed by atoms with Crippen LogP contribution in [0.2, 0.25) is 0 Å². The van der Waals surface area contributed by atoms with Crippen molar-refractivity contribution in [1.29, 1.82) is 0 Å². The van der Waals surface area contributed by atoms with E-state index in [4.69, 9.17) is 9.47 Å². The SMILES string of the molecule is CCNc1snnc1COCCOC. The molecule has 0 aliphatic heterocycles. The highest BCUT2D eigenvalue weighted by molar-refractivity contribution is 7.10. The topological polar surface area (TPSA) is 56.3 Å². The van der Waals surface area contributed by atoms with Crippen molar-refractivity contribution in [3.8, 4) is 0 Å². The summed E-state index contributed by atoms with van der Waals surface area (Å²) in [7, 11) is 1.65. The predicted octanol–water partition coefficient (Wildman–Crippen LogP) is 1.13. The molecule has 5 nitrogen and oxygen atoms in total. The maximum atomic E-state index is 5.34. The van der Waals surface area contributed by atoms with E-state index in [2.05, 4.69) is 14.9 Å². The standard InChI is InChI=1S/C8H15N3O2S/c1-3-9-8-7(10-11-14-8)6-13-5-4-12-2/h9H,3-6H2,1-2H3. The molecule has 14 heavy (non-hydrogen) atoms. The van der Waals surface area contributed by atoms with Gasteiger partial charge in [-0.25, -0.2) is 0 Å². The Morgan fingerprint density at radius 2 is 2.29 bits per heavy atom. The summed E-state index contributed by atoms with van der Waals surface area (Å²) in [5.74, 6) is 0. The van der Waals surface area contributed by atoms with E-state index in [1.807, 2.05) is 6.92 Å². The lowest BCUT2D eigenvalue weighted by atomic mass is 10.5. The van der Waals surface area contributed by atoms with Gasteiger partial charge in [0.25, 0.3) is 0 Å². The molecule has 1 heterocycles. The van der Waals surface area contributed by atoms with Gasteiger partial charge in [-0.3, -0.25) is 0 Å². The molecule has 1 N–H and O–H groups in total. The van der Waals surface area contributed by atoms with Crippen molar-refractivity contribution in [2.24, 2.45) is 0 Å². The molecular formula is C8H15N3O2S. The van der Waals surface area contributed by atoms with Gasteiger partial charge in [0, 0.05) is 25.2 Å². The van der Waals surface area contributed by atoms with Crippen LogP contribution in [-0.4, -0.2) is 36.5 Å². The molecular weight excluding hydrogens is 202 g/mol. The van der Waals surface area contributed by atoms with Crippen LogP contribution in [0.15, 0.2) is 0 Å². The minimum atomic E-state index is 0.488. The van der Waals surface area contributed by atoms with Crippen LogP contribution in [0.25, 0.3) is 0 Å². The first-order chi connectivity index (χ1) is 6.88. The van der Waals surface area contributed by atoms with E-state index in [9.17, 15) is 0 Å². The molecule has 6 heteroatoms. The second-order valence-electron chi connectivity index (χ2n) is 2.62. The van der Waals surface area contributed by atoms with E-state index in [1.54, 1.807) is 7.11 Å². The van der Waals surface area contributed by atoms with Crippen LogP contribution >= 0.6 is 11.5 Å². The smallest absolute Gasteiger partial charge is 0.135 e. The van der Waals surface area contributed by atoms with E-state index in [0.29, 0.717) is 19.8 Å². The summed E-state index contributed by atoms with van der Waals surface area (Å²) in [5, 5.41) is 8.14. The normalized spacial score (nSPS) is 10.4. The molecule has 0 fully saturated rings. The van der Waals surface area contributed by atoms with Gasteiger partial charge >= 0.3 is 0 Å². The van der Waals surface area contributed by atoms with Crippen LogP contribution in [0, 0.1) is 0 Å². The van der Waals surface area contributed by atoms with Crippen molar-refractivity contribution in [1.82, 2.24) is 9.59 Å². The van der Waals surface area contributed by atoms with Crippen LogP contribution in [0.3, 0.4) is 0 Å². The van der Waals surface area contributed by atoms with E-state index in [-0.39, 0.29) is 0 Å². The largest absolute Gasteiger partial charge is 0.382 e. The number of ether oxygens (including phenoxy) is 2. The number of methoxy groups -OCH3 is 1. The second kappa shape index (κ2) is 6.69. The van der Waals surface area contributed by atoms with Crippen LogP contribution < -0.4 is 5.32 Å². The summed E-state index contributed by atoms with van der Waals surface area (Å²) in [6, 6.07) is 0. The summed E-state index contributed by atoms with van der Waals surface area (Å²) in [5.41, 5.74) is 0.868. The molecule has 1 rings (SSSR count). The van der Waals surface area contributed by atoms with Gasteiger partial charge in [-0.15, -0.1) is 5.10 Å². The molecule has 0 atom stereocenters. The van der Waals surface area contributed by atoms with E-state index in [1.165, 1.54) is 11.5 Å². The van der Waals surface area contributed by atoms with Gasteiger partial charge in [0.05, 0.1) is 19.8 Å². The molecule has 1 aromatic rings. The summed E-state index contributed by atoms with van der Waals surface area (Å²) < 4.78 is 14.1. The Hall–Kier alpha value is -0.720. The van der Waals surface area contributed by atoms with E-state index >= 15 is 0 Å². The fourth-order valence-corrected chi connectivity index (χ4v) is 1.54. The zero-order chi connectivity index (χ0) is 10.2. The molecule has 80 valence electrons. The number of anilines is 1. The number of hydrogen-bond donors (Lipinski definition) is 1. The predicted molar refractivity (Wildman–Crippen MR) is 55.6 cm³/mol. The van der Waals surface area contributed by atoms with Gasteiger partial charge in [-0.05, 0) is 6.92 Å². The monoisotopic (exact) mass is 217 g/mol. The molecule has 0 spiro atoms. The third-order valence-electron chi connectivity index (χ3n) is 1.56. The average molecular weight is 217 g/mol. The molecule has 0 aliphatic carbocycles. The van der Waals surface area contributed by atoms with Gasteiger partial charge < -0.3 is 14.8 Å². The molecule has 0 saturated heterocycles. The van der Waals surface area contributed by atoms with Crippen molar-refractivity contribution in [3.63, 3.8) is 0 Å². The molecule has 0 aliphatic rings. The van der Waals surface area contributed by atoms with Crippen LogP contribution in [0.1, 0.15) is 12.6 Å². The third-order valence-corrected chi connectivity index (χ3v) is 2.29. The Labute approximate surface area is 87.6 Å². The van der Waals surface area contributed by atoms with Gasteiger partial charge in [0.1, 0.15) is 10.7 Å². The zero-order valence-corrected chi connectivity index (χ0v) is 9.26. The van der Waals surface area contributed by atoms with Crippen molar-refractivity contribution >= 4 is 16.5 Å². The van der Waals surface area contributed by atoms with Gasteiger partial charge in [-0.1, -0.05) is 4.49 Å². The molecule has 0 saturated carbocycles. The second-order valence-corrected chi connectivity index (χ2v) is 3.38. The van der Waals surface area contributed by atoms with Crippen LogP contribution in [0.5, 0.6) is 0 Å². The third kappa shape index (κ3) is 3.57. The highest BCUT2D eigenvalue weighted by atomic mass is 32.1. The van der Waals surface area contributed by atoms with Gasteiger partial charge in [0.2, 0.25) is 0 Å². The average Bonchev–Trinajstić information content (AvgIpc) is 2.61. The molecule has 0 bridgehead atoms. The fraction of sp³-hybridized carbons (Fsp3) is 0.750. The number of nitrogens with one attached hydrogen (secondary N) is 1. The summed E-state index contributed by atoms with van der Waals surface area (Å²) >= 11 is 1.35. The maximum Gasteiger partial charge on any atom is 0.135 e. The first-order valence-electron chi connectivity index (χ1n) is 4.50. The highest BCUT2D eigenvalue weighted by Gasteiger charge is 2.06. The lowest BCUT2D eigenvalue weighted by molar-refractivity contribution is 0.0604. The lowest BCUT2D eigenvalue weighted by Crippen LogP contribution is -2.04. The zero-order valence-electron chi connectivity index (χ0n) is 8.45. The highest BCUT2D eigenvalue weighted by Crippen LogP contribution is 2.17. The van der Waals surface area contributed by atoms with Crippen LogP contribution in [0.4, 0.5) is 5.00 Å².